The molecule has 3 atom stereocenters. The van der Waals surface area contributed by atoms with E-state index in [-0.39, 0.29) is 11.9 Å². The van der Waals surface area contributed by atoms with E-state index in [4.69, 9.17) is 0 Å². The normalized spacial score (nSPS) is 29.6. The molecule has 0 spiro atoms. The zero-order chi connectivity index (χ0) is 13.9. The zero-order valence-corrected chi connectivity index (χ0v) is 12.2. The van der Waals surface area contributed by atoms with Crippen molar-refractivity contribution in [2.75, 3.05) is 6.54 Å². The van der Waals surface area contributed by atoms with Crippen molar-refractivity contribution in [1.82, 2.24) is 10.6 Å². The Bertz CT molecular complexity index is 486. The van der Waals surface area contributed by atoms with Gasteiger partial charge in [-0.3, -0.25) is 4.79 Å². The largest absolute Gasteiger partial charge is 0.352 e. The van der Waals surface area contributed by atoms with Crippen molar-refractivity contribution in [3.05, 3.63) is 35.4 Å². The van der Waals surface area contributed by atoms with Crippen LogP contribution in [0.3, 0.4) is 0 Å². The summed E-state index contributed by atoms with van der Waals surface area (Å²) in [6.07, 6.45) is 5.45. The van der Waals surface area contributed by atoms with Crippen LogP contribution in [0.5, 0.6) is 0 Å². The molecule has 0 saturated carbocycles. The molecule has 1 aromatic carbocycles. The lowest BCUT2D eigenvalue weighted by atomic mass is 9.87. The van der Waals surface area contributed by atoms with Crippen LogP contribution in [0.15, 0.2) is 24.3 Å². The van der Waals surface area contributed by atoms with Gasteiger partial charge in [0.1, 0.15) is 0 Å². The van der Waals surface area contributed by atoms with Gasteiger partial charge in [0, 0.05) is 6.04 Å². The molecule has 2 N–H and O–H groups in total. The third kappa shape index (κ3) is 2.88. The number of benzene rings is 1. The maximum Gasteiger partial charge on any atom is 0.237 e. The lowest BCUT2D eigenvalue weighted by Gasteiger charge is -2.32. The summed E-state index contributed by atoms with van der Waals surface area (Å²) in [5.74, 6) is 0.640. The number of piperidine rings is 1. The van der Waals surface area contributed by atoms with E-state index in [9.17, 15) is 4.79 Å². The van der Waals surface area contributed by atoms with Crippen LogP contribution in [0.4, 0.5) is 0 Å². The standard InChI is InChI=1S/C17H24N2O/c1-12-5-4-10-18-16(12)17(20)19-15-9-8-13-6-2-3-7-14(13)11-15/h2-3,6-7,12,15-16,18H,4-5,8-11H2,1H3,(H,19,20). The number of hydrogen-bond donors (Lipinski definition) is 2. The van der Waals surface area contributed by atoms with E-state index in [0.29, 0.717) is 12.0 Å². The van der Waals surface area contributed by atoms with Crippen molar-refractivity contribution in [2.45, 2.75) is 51.1 Å². The number of hydrogen-bond acceptors (Lipinski definition) is 2. The topological polar surface area (TPSA) is 41.1 Å². The van der Waals surface area contributed by atoms with Crippen LogP contribution < -0.4 is 10.6 Å². The summed E-state index contributed by atoms with van der Waals surface area (Å²) in [4.78, 5) is 12.4. The van der Waals surface area contributed by atoms with E-state index >= 15 is 0 Å². The van der Waals surface area contributed by atoms with Crippen LogP contribution >= 0.6 is 0 Å². The van der Waals surface area contributed by atoms with E-state index in [0.717, 1.165) is 32.2 Å². The Balaban J connectivity index is 1.60. The molecule has 20 heavy (non-hydrogen) atoms. The predicted octanol–water partition coefficient (Wildman–Crippen LogP) is 2.05. The van der Waals surface area contributed by atoms with Gasteiger partial charge in [0.05, 0.1) is 6.04 Å². The molecule has 1 saturated heterocycles. The fraction of sp³-hybridized carbons (Fsp3) is 0.588. The van der Waals surface area contributed by atoms with Gasteiger partial charge < -0.3 is 10.6 Å². The van der Waals surface area contributed by atoms with E-state index < -0.39 is 0 Å². The van der Waals surface area contributed by atoms with E-state index in [1.54, 1.807) is 0 Å². The van der Waals surface area contributed by atoms with Gasteiger partial charge in [-0.25, -0.2) is 0 Å². The number of nitrogens with one attached hydrogen (secondary N) is 2. The summed E-state index contributed by atoms with van der Waals surface area (Å²) < 4.78 is 0. The fourth-order valence-corrected chi connectivity index (χ4v) is 3.51. The van der Waals surface area contributed by atoms with Crippen molar-refractivity contribution in [2.24, 2.45) is 5.92 Å². The summed E-state index contributed by atoms with van der Waals surface area (Å²) in [5, 5.41) is 6.62. The highest BCUT2D eigenvalue weighted by Crippen LogP contribution is 2.22. The van der Waals surface area contributed by atoms with Crippen LogP contribution in [0.25, 0.3) is 0 Å². The van der Waals surface area contributed by atoms with Crippen LogP contribution in [0, 0.1) is 5.92 Å². The average Bonchev–Trinajstić information content (AvgIpc) is 2.47. The highest BCUT2D eigenvalue weighted by molar-refractivity contribution is 5.82. The van der Waals surface area contributed by atoms with Crippen LogP contribution in [0.2, 0.25) is 0 Å². The highest BCUT2D eigenvalue weighted by Gasteiger charge is 2.29. The number of amides is 1. The second kappa shape index (κ2) is 5.96. The Morgan fingerprint density at radius 3 is 2.85 bits per heavy atom. The molecular formula is C17H24N2O. The van der Waals surface area contributed by atoms with Crippen molar-refractivity contribution in [3.8, 4) is 0 Å². The molecule has 1 aromatic rings. The Kier molecular flexibility index (Phi) is 4.06. The summed E-state index contributed by atoms with van der Waals surface area (Å²) in [7, 11) is 0. The molecule has 1 aliphatic carbocycles. The average molecular weight is 272 g/mol. The van der Waals surface area contributed by atoms with Gasteiger partial charge in [0.2, 0.25) is 5.91 Å². The van der Waals surface area contributed by atoms with Gasteiger partial charge in [-0.1, -0.05) is 31.2 Å². The van der Waals surface area contributed by atoms with Gasteiger partial charge in [0.25, 0.3) is 0 Å². The van der Waals surface area contributed by atoms with Crippen molar-refractivity contribution < 1.29 is 4.79 Å². The lowest BCUT2D eigenvalue weighted by Crippen LogP contribution is -2.53. The first-order valence-electron chi connectivity index (χ1n) is 7.84. The predicted molar refractivity (Wildman–Crippen MR) is 80.6 cm³/mol. The van der Waals surface area contributed by atoms with Crippen molar-refractivity contribution in [1.29, 1.82) is 0 Å². The molecule has 0 radical (unpaired) electrons. The third-order valence-corrected chi connectivity index (χ3v) is 4.75. The monoisotopic (exact) mass is 272 g/mol. The number of rotatable bonds is 2. The Hall–Kier alpha value is -1.35. The highest BCUT2D eigenvalue weighted by atomic mass is 16.2. The summed E-state index contributed by atoms with van der Waals surface area (Å²) in [6, 6.07) is 8.89. The van der Waals surface area contributed by atoms with Crippen LogP contribution in [-0.2, 0) is 17.6 Å². The summed E-state index contributed by atoms with van der Waals surface area (Å²) in [5.41, 5.74) is 2.84. The molecule has 3 unspecified atom stereocenters. The smallest absolute Gasteiger partial charge is 0.237 e. The van der Waals surface area contributed by atoms with E-state index in [1.807, 2.05) is 0 Å². The molecular weight excluding hydrogens is 248 g/mol. The number of carbonyl (C=O) groups excluding carboxylic acids is 1. The second-order valence-electron chi connectivity index (χ2n) is 6.27. The van der Waals surface area contributed by atoms with Crippen LogP contribution in [-0.4, -0.2) is 24.5 Å². The SMILES string of the molecule is CC1CCCNC1C(=O)NC1CCc2ccccc2C1. The first-order chi connectivity index (χ1) is 9.74. The first-order valence-corrected chi connectivity index (χ1v) is 7.84. The number of fused-ring (bicyclic) bond motifs is 1. The van der Waals surface area contributed by atoms with Gasteiger partial charge in [-0.15, -0.1) is 0 Å². The summed E-state index contributed by atoms with van der Waals surface area (Å²) >= 11 is 0. The van der Waals surface area contributed by atoms with E-state index in [1.165, 1.54) is 17.5 Å². The molecule has 1 aliphatic heterocycles. The van der Waals surface area contributed by atoms with Gasteiger partial charge in [-0.2, -0.15) is 0 Å². The Labute approximate surface area is 121 Å². The molecule has 3 nitrogen and oxygen atoms in total. The minimum absolute atomic E-state index is 0.000852. The molecule has 3 heteroatoms. The quantitative estimate of drug-likeness (QED) is 0.865. The van der Waals surface area contributed by atoms with E-state index in [2.05, 4.69) is 41.8 Å². The molecule has 1 heterocycles. The minimum Gasteiger partial charge on any atom is -0.352 e. The molecule has 108 valence electrons. The molecule has 2 aliphatic rings. The zero-order valence-electron chi connectivity index (χ0n) is 12.2. The van der Waals surface area contributed by atoms with Crippen molar-refractivity contribution >= 4 is 5.91 Å². The fourth-order valence-electron chi connectivity index (χ4n) is 3.51. The summed E-state index contributed by atoms with van der Waals surface area (Å²) in [6.45, 7) is 3.14. The van der Waals surface area contributed by atoms with Gasteiger partial charge >= 0.3 is 0 Å². The third-order valence-electron chi connectivity index (χ3n) is 4.75. The number of carbonyl (C=O) groups is 1. The Morgan fingerprint density at radius 2 is 2.05 bits per heavy atom. The molecule has 0 bridgehead atoms. The molecule has 1 fully saturated rings. The molecule has 1 amide bonds. The maximum atomic E-state index is 12.4. The van der Waals surface area contributed by atoms with Gasteiger partial charge in [-0.05, 0) is 55.7 Å². The Morgan fingerprint density at radius 1 is 1.25 bits per heavy atom. The molecule has 0 aromatic heterocycles. The van der Waals surface area contributed by atoms with Gasteiger partial charge in [0.15, 0.2) is 0 Å². The minimum atomic E-state index is 0.000852. The molecule has 3 rings (SSSR count). The van der Waals surface area contributed by atoms with Crippen LogP contribution in [0.1, 0.15) is 37.3 Å². The second-order valence-corrected chi connectivity index (χ2v) is 6.27. The van der Waals surface area contributed by atoms with Crippen molar-refractivity contribution in [3.63, 3.8) is 0 Å². The first kappa shape index (κ1) is 13.6. The maximum absolute atomic E-state index is 12.4. The lowest BCUT2D eigenvalue weighted by molar-refractivity contribution is -0.125. The number of aryl methyl sites for hydroxylation is 1.